The summed E-state index contributed by atoms with van der Waals surface area (Å²) in [4.78, 5) is 0. The quantitative estimate of drug-likeness (QED) is 0.199. The van der Waals surface area contributed by atoms with E-state index in [0.717, 1.165) is 11.4 Å². The van der Waals surface area contributed by atoms with Crippen molar-refractivity contribution < 1.29 is 0 Å². The average Bonchev–Trinajstić information content (AvgIpc) is 2.49. The minimum absolute atomic E-state index is 0.204. The Bertz CT molecular complexity index is 398. The van der Waals surface area contributed by atoms with Gasteiger partial charge in [-0.2, -0.15) is 0 Å². The number of rotatable bonds is 11. The van der Waals surface area contributed by atoms with Crippen LogP contribution >= 0.6 is 34.2 Å². The van der Waals surface area contributed by atoms with Gasteiger partial charge in [0.15, 0.2) is 0 Å². The summed E-state index contributed by atoms with van der Waals surface area (Å²) in [7, 11) is 0. The first kappa shape index (κ1) is 19.2. The lowest BCUT2D eigenvalue weighted by Gasteiger charge is -2.18. The topological polar surface area (TPSA) is 38.0 Å². The van der Waals surface area contributed by atoms with Crippen molar-refractivity contribution in [3.8, 4) is 0 Å². The molecule has 4 heteroatoms. The Morgan fingerprint density at radius 1 is 1.10 bits per heavy atom. The second-order valence-corrected chi connectivity index (χ2v) is 7.25. The summed E-state index contributed by atoms with van der Waals surface area (Å²) < 4.78 is 1.22. The Labute approximate surface area is 148 Å². The molecular weight excluding hydrogens is 395 g/mol. The van der Waals surface area contributed by atoms with Crippen LogP contribution in [0.25, 0.3) is 0 Å². The van der Waals surface area contributed by atoms with Crippen molar-refractivity contribution in [2.24, 2.45) is 5.84 Å². The van der Waals surface area contributed by atoms with E-state index in [1.165, 1.54) is 60.5 Å². The molecule has 21 heavy (non-hydrogen) atoms. The van der Waals surface area contributed by atoms with Crippen molar-refractivity contribution in [3.05, 3.63) is 32.4 Å². The lowest BCUT2D eigenvalue weighted by Crippen LogP contribution is -2.28. The molecule has 0 heterocycles. The predicted octanol–water partition coefficient (Wildman–Crippen LogP) is 5.98. The molecule has 0 aliphatic rings. The third kappa shape index (κ3) is 7.82. The Balaban J connectivity index is 2.27. The summed E-state index contributed by atoms with van der Waals surface area (Å²) in [6.07, 6.45) is 11.8. The van der Waals surface area contributed by atoms with Crippen LogP contribution in [-0.4, -0.2) is 0 Å². The molecular formula is C17H28ClIN2. The summed E-state index contributed by atoms with van der Waals surface area (Å²) in [5.41, 5.74) is 4.16. The highest BCUT2D eigenvalue weighted by molar-refractivity contribution is 14.1. The number of unbranched alkanes of at least 4 members (excludes halogenated alkanes) is 7. The van der Waals surface area contributed by atoms with Gasteiger partial charge in [0.1, 0.15) is 0 Å². The first-order chi connectivity index (χ1) is 10.2. The van der Waals surface area contributed by atoms with Gasteiger partial charge in [-0.1, -0.05) is 69.9 Å². The van der Waals surface area contributed by atoms with Crippen molar-refractivity contribution in [1.29, 1.82) is 0 Å². The highest BCUT2D eigenvalue weighted by Gasteiger charge is 2.13. The van der Waals surface area contributed by atoms with E-state index in [2.05, 4.69) is 41.0 Å². The highest BCUT2D eigenvalue weighted by atomic mass is 127. The molecule has 0 amide bonds. The molecule has 120 valence electrons. The zero-order valence-corrected chi connectivity index (χ0v) is 15.9. The maximum atomic E-state index is 6.09. The molecule has 0 saturated carbocycles. The lowest BCUT2D eigenvalue weighted by atomic mass is 10.00. The van der Waals surface area contributed by atoms with Crippen molar-refractivity contribution in [1.82, 2.24) is 5.43 Å². The molecule has 1 unspecified atom stereocenters. The van der Waals surface area contributed by atoms with Crippen LogP contribution in [0.5, 0.6) is 0 Å². The number of hydrazine groups is 1. The summed E-state index contributed by atoms with van der Waals surface area (Å²) >= 11 is 8.44. The molecule has 0 aliphatic heterocycles. The Hall–Kier alpha value is 0.160. The van der Waals surface area contributed by atoms with Crippen molar-refractivity contribution >= 4 is 34.2 Å². The van der Waals surface area contributed by atoms with E-state index >= 15 is 0 Å². The van der Waals surface area contributed by atoms with E-state index < -0.39 is 0 Å². The maximum Gasteiger partial charge on any atom is 0.0471 e. The molecule has 0 saturated heterocycles. The molecule has 1 aromatic rings. The average molecular weight is 423 g/mol. The third-order valence-electron chi connectivity index (χ3n) is 3.88. The Morgan fingerprint density at radius 2 is 1.71 bits per heavy atom. The fraction of sp³-hybridized carbons (Fsp3) is 0.647. The molecule has 1 atom stereocenters. The van der Waals surface area contributed by atoms with Crippen molar-refractivity contribution in [2.75, 3.05) is 0 Å². The van der Waals surface area contributed by atoms with Gasteiger partial charge in [-0.25, -0.2) is 0 Å². The standard InChI is InChI=1S/C17H28ClIN2/c1-2-3-4-5-6-7-8-9-10-17(21-20)15-13-14(18)11-12-16(15)19/h11-13,17,21H,2-10,20H2,1H3. The van der Waals surface area contributed by atoms with E-state index in [1.807, 2.05) is 12.1 Å². The van der Waals surface area contributed by atoms with Crippen LogP contribution < -0.4 is 11.3 Å². The first-order valence-electron chi connectivity index (χ1n) is 8.10. The molecule has 3 N–H and O–H groups in total. The number of halogens is 2. The van der Waals surface area contributed by atoms with Crippen LogP contribution in [0.1, 0.15) is 76.3 Å². The van der Waals surface area contributed by atoms with Gasteiger partial charge in [0.2, 0.25) is 0 Å². The van der Waals surface area contributed by atoms with E-state index in [0.29, 0.717) is 0 Å². The predicted molar refractivity (Wildman–Crippen MR) is 101 cm³/mol. The minimum Gasteiger partial charge on any atom is -0.271 e. The third-order valence-corrected chi connectivity index (χ3v) is 5.10. The van der Waals surface area contributed by atoms with Gasteiger partial charge in [-0.05, 0) is 52.8 Å². The first-order valence-corrected chi connectivity index (χ1v) is 9.55. The number of hydrogen-bond donors (Lipinski definition) is 2. The number of hydrogen-bond acceptors (Lipinski definition) is 2. The SMILES string of the molecule is CCCCCCCCCCC(NN)c1cc(Cl)ccc1I. The van der Waals surface area contributed by atoms with E-state index in [9.17, 15) is 0 Å². The summed E-state index contributed by atoms with van der Waals surface area (Å²) in [5, 5.41) is 0.779. The molecule has 0 spiro atoms. The summed E-state index contributed by atoms with van der Waals surface area (Å²) in [5.74, 6) is 5.72. The second-order valence-electron chi connectivity index (χ2n) is 5.65. The Kier molecular flexibility index (Phi) is 10.7. The van der Waals surface area contributed by atoms with Crippen molar-refractivity contribution in [3.63, 3.8) is 0 Å². The van der Waals surface area contributed by atoms with Gasteiger partial charge < -0.3 is 0 Å². The monoisotopic (exact) mass is 422 g/mol. The number of nitrogens with one attached hydrogen (secondary N) is 1. The highest BCUT2D eigenvalue weighted by Crippen LogP contribution is 2.27. The van der Waals surface area contributed by atoms with Crippen LogP contribution in [0.15, 0.2) is 18.2 Å². The smallest absolute Gasteiger partial charge is 0.0471 e. The second kappa shape index (κ2) is 11.7. The summed E-state index contributed by atoms with van der Waals surface area (Å²) in [6.45, 7) is 2.26. The van der Waals surface area contributed by atoms with Crippen LogP contribution in [0, 0.1) is 3.57 Å². The molecule has 0 aliphatic carbocycles. The fourth-order valence-corrected chi connectivity index (χ4v) is 3.48. The van der Waals surface area contributed by atoms with Crippen LogP contribution in [0.4, 0.5) is 0 Å². The van der Waals surface area contributed by atoms with Crippen LogP contribution in [0.3, 0.4) is 0 Å². The fourth-order valence-electron chi connectivity index (χ4n) is 2.59. The molecule has 0 bridgehead atoms. The van der Waals surface area contributed by atoms with Crippen LogP contribution in [-0.2, 0) is 0 Å². The van der Waals surface area contributed by atoms with E-state index in [1.54, 1.807) is 0 Å². The van der Waals surface area contributed by atoms with E-state index in [4.69, 9.17) is 17.4 Å². The van der Waals surface area contributed by atoms with E-state index in [-0.39, 0.29) is 6.04 Å². The zero-order chi connectivity index (χ0) is 15.5. The van der Waals surface area contributed by atoms with Gasteiger partial charge >= 0.3 is 0 Å². The van der Waals surface area contributed by atoms with Gasteiger partial charge in [-0.3, -0.25) is 11.3 Å². The number of benzene rings is 1. The largest absolute Gasteiger partial charge is 0.271 e. The molecule has 2 nitrogen and oxygen atoms in total. The van der Waals surface area contributed by atoms with Crippen LogP contribution in [0.2, 0.25) is 5.02 Å². The van der Waals surface area contributed by atoms with Gasteiger partial charge in [-0.15, -0.1) is 0 Å². The van der Waals surface area contributed by atoms with Gasteiger partial charge in [0, 0.05) is 14.6 Å². The van der Waals surface area contributed by atoms with Gasteiger partial charge in [0.05, 0.1) is 0 Å². The minimum atomic E-state index is 0.204. The van der Waals surface area contributed by atoms with Crippen molar-refractivity contribution in [2.45, 2.75) is 70.8 Å². The molecule has 1 rings (SSSR count). The number of nitrogens with two attached hydrogens (primary N) is 1. The molecule has 1 aromatic carbocycles. The molecule has 0 aromatic heterocycles. The molecule has 0 radical (unpaired) electrons. The maximum absolute atomic E-state index is 6.09. The zero-order valence-electron chi connectivity index (χ0n) is 13.0. The Morgan fingerprint density at radius 3 is 2.33 bits per heavy atom. The lowest BCUT2D eigenvalue weighted by molar-refractivity contribution is 0.473. The van der Waals surface area contributed by atoms with Gasteiger partial charge in [0.25, 0.3) is 0 Å². The summed E-state index contributed by atoms with van der Waals surface area (Å²) in [6, 6.07) is 6.21. The molecule has 0 fully saturated rings. The normalized spacial score (nSPS) is 12.6.